The number of hydrogen-bond acceptors (Lipinski definition) is 0. The molecule has 0 radical (unpaired) electrons. The van der Waals surface area contributed by atoms with Crippen molar-refractivity contribution in [3.8, 4) is 0 Å². The third-order valence-corrected chi connectivity index (χ3v) is 5.91. The first-order valence-electron chi connectivity index (χ1n) is 8.89. The van der Waals surface area contributed by atoms with Crippen LogP contribution in [0.5, 0.6) is 0 Å². The van der Waals surface area contributed by atoms with E-state index in [9.17, 15) is 0 Å². The summed E-state index contributed by atoms with van der Waals surface area (Å²) in [4.78, 5) is 0. The second-order valence-electron chi connectivity index (χ2n) is 7.26. The lowest BCUT2D eigenvalue weighted by Crippen LogP contribution is -2.30. The van der Waals surface area contributed by atoms with Crippen molar-refractivity contribution in [2.24, 2.45) is 5.41 Å². The van der Waals surface area contributed by atoms with Crippen molar-refractivity contribution >= 4 is 12.2 Å². The second-order valence-corrected chi connectivity index (χ2v) is 7.26. The highest BCUT2D eigenvalue weighted by molar-refractivity contribution is 5.66. The molecule has 2 aromatic rings. The van der Waals surface area contributed by atoms with Crippen molar-refractivity contribution < 1.29 is 0 Å². The van der Waals surface area contributed by atoms with E-state index in [1.165, 1.54) is 22.3 Å². The quantitative estimate of drug-likeness (QED) is 0.547. The first kappa shape index (κ1) is 15.2. The van der Waals surface area contributed by atoms with Crippen molar-refractivity contribution in [2.75, 3.05) is 0 Å². The van der Waals surface area contributed by atoms with Gasteiger partial charge in [0.25, 0.3) is 0 Å². The first-order chi connectivity index (χ1) is 11.7. The van der Waals surface area contributed by atoms with Crippen LogP contribution in [0.1, 0.15) is 53.9 Å². The first-order valence-corrected chi connectivity index (χ1v) is 8.89. The molecule has 2 atom stereocenters. The molecule has 2 aliphatic carbocycles. The fraction of sp³-hybridized carbons (Fsp3) is 0.250. The molecule has 0 N–H and O–H groups in total. The highest BCUT2D eigenvalue weighted by Gasteiger charge is 2.43. The van der Waals surface area contributed by atoms with Gasteiger partial charge in [-0.05, 0) is 40.5 Å². The van der Waals surface area contributed by atoms with E-state index >= 15 is 0 Å². The molecular weight excluding hydrogens is 288 g/mol. The molecule has 120 valence electrons. The summed E-state index contributed by atoms with van der Waals surface area (Å²) in [5, 5.41) is 0. The van der Waals surface area contributed by atoms with Gasteiger partial charge in [0.1, 0.15) is 0 Å². The summed E-state index contributed by atoms with van der Waals surface area (Å²) in [5.74, 6) is 0.906. The molecule has 0 bridgehead atoms. The van der Waals surface area contributed by atoms with Crippen LogP contribution in [0.3, 0.4) is 0 Å². The van der Waals surface area contributed by atoms with E-state index in [0.717, 1.165) is 12.8 Å². The van der Waals surface area contributed by atoms with Gasteiger partial charge in [-0.15, -0.1) is 6.58 Å². The zero-order valence-corrected chi connectivity index (χ0v) is 14.3. The Morgan fingerprint density at radius 3 is 1.88 bits per heavy atom. The van der Waals surface area contributed by atoms with E-state index in [2.05, 4.69) is 92.4 Å². The SMILES string of the molecule is C=CCCC(C)(C1C=Cc2ccccc21)C1C=Cc2ccccc21. The summed E-state index contributed by atoms with van der Waals surface area (Å²) in [6.45, 7) is 6.43. The van der Waals surface area contributed by atoms with Crippen LogP contribution >= 0.6 is 0 Å². The summed E-state index contributed by atoms with van der Waals surface area (Å²) < 4.78 is 0. The average Bonchev–Trinajstić information content (AvgIpc) is 3.24. The van der Waals surface area contributed by atoms with Crippen LogP contribution in [0, 0.1) is 5.41 Å². The van der Waals surface area contributed by atoms with Crippen LogP contribution in [0.4, 0.5) is 0 Å². The minimum atomic E-state index is 0.153. The monoisotopic (exact) mass is 312 g/mol. The van der Waals surface area contributed by atoms with Gasteiger partial charge in [0.15, 0.2) is 0 Å². The van der Waals surface area contributed by atoms with Crippen molar-refractivity contribution in [1.29, 1.82) is 0 Å². The Morgan fingerprint density at radius 1 is 0.875 bits per heavy atom. The standard InChI is InChI=1S/C24H24/c1-3-4-17-24(2,22-15-13-18-9-5-7-11-20(18)22)23-16-14-19-10-6-8-12-21(19)23/h3,5-16,22-23H,1,4,17H2,2H3. The molecule has 0 nitrogen and oxygen atoms in total. The van der Waals surface area contributed by atoms with Crippen LogP contribution < -0.4 is 0 Å². The fourth-order valence-corrected chi connectivity index (χ4v) is 4.57. The molecule has 0 aliphatic heterocycles. The summed E-state index contributed by atoms with van der Waals surface area (Å²) >= 11 is 0. The lowest BCUT2D eigenvalue weighted by molar-refractivity contribution is 0.236. The molecule has 0 heterocycles. The van der Waals surface area contributed by atoms with Crippen LogP contribution in [0.25, 0.3) is 12.2 Å². The Bertz CT molecular complexity index is 760. The van der Waals surface area contributed by atoms with E-state index in [4.69, 9.17) is 0 Å². The third-order valence-electron chi connectivity index (χ3n) is 5.91. The molecule has 0 spiro atoms. The zero-order valence-electron chi connectivity index (χ0n) is 14.3. The Kier molecular flexibility index (Phi) is 3.76. The normalized spacial score (nSPS) is 22.9. The van der Waals surface area contributed by atoms with Crippen LogP contribution in [-0.2, 0) is 0 Å². The minimum Gasteiger partial charge on any atom is -0.103 e. The van der Waals surface area contributed by atoms with E-state index in [-0.39, 0.29) is 5.41 Å². The molecule has 24 heavy (non-hydrogen) atoms. The van der Waals surface area contributed by atoms with Crippen molar-refractivity contribution in [2.45, 2.75) is 31.6 Å². The topological polar surface area (TPSA) is 0 Å². The van der Waals surface area contributed by atoms with Crippen LogP contribution in [0.15, 0.2) is 73.3 Å². The van der Waals surface area contributed by atoms with Crippen LogP contribution in [-0.4, -0.2) is 0 Å². The number of hydrogen-bond donors (Lipinski definition) is 0. The number of rotatable bonds is 5. The maximum absolute atomic E-state index is 3.97. The fourth-order valence-electron chi connectivity index (χ4n) is 4.57. The Hall–Kier alpha value is -2.34. The smallest absolute Gasteiger partial charge is 0.00900 e. The van der Waals surface area contributed by atoms with Gasteiger partial charge < -0.3 is 0 Å². The largest absolute Gasteiger partial charge is 0.103 e. The zero-order chi connectivity index (χ0) is 16.6. The number of fused-ring (bicyclic) bond motifs is 2. The molecule has 2 aliphatic rings. The van der Waals surface area contributed by atoms with Gasteiger partial charge in [-0.25, -0.2) is 0 Å². The van der Waals surface area contributed by atoms with Gasteiger partial charge in [-0.1, -0.05) is 85.8 Å². The summed E-state index contributed by atoms with van der Waals surface area (Å²) in [7, 11) is 0. The third kappa shape index (κ3) is 2.29. The maximum Gasteiger partial charge on any atom is 0.00900 e. The van der Waals surface area contributed by atoms with Gasteiger partial charge in [0.2, 0.25) is 0 Å². The van der Waals surface area contributed by atoms with E-state index in [1.807, 2.05) is 0 Å². The second kappa shape index (κ2) is 5.94. The highest BCUT2D eigenvalue weighted by atomic mass is 14.5. The molecule has 0 saturated heterocycles. The summed E-state index contributed by atoms with van der Waals surface area (Å²) in [5.41, 5.74) is 5.86. The maximum atomic E-state index is 3.97. The van der Waals surface area contributed by atoms with E-state index in [0.29, 0.717) is 11.8 Å². The Labute approximate surface area is 145 Å². The molecule has 2 aromatic carbocycles. The van der Waals surface area contributed by atoms with E-state index in [1.54, 1.807) is 0 Å². The summed E-state index contributed by atoms with van der Waals surface area (Å²) in [6.07, 6.45) is 13.7. The molecule has 4 rings (SSSR count). The molecular formula is C24H24. The predicted octanol–water partition coefficient (Wildman–Crippen LogP) is 6.58. The van der Waals surface area contributed by atoms with Crippen LogP contribution in [0.2, 0.25) is 0 Å². The van der Waals surface area contributed by atoms with E-state index < -0.39 is 0 Å². The van der Waals surface area contributed by atoms with Crippen molar-refractivity contribution in [3.05, 3.63) is 95.6 Å². The molecule has 0 heteroatoms. The minimum absolute atomic E-state index is 0.153. The highest BCUT2D eigenvalue weighted by Crippen LogP contribution is 2.56. The lowest BCUT2D eigenvalue weighted by Gasteiger charge is -2.41. The lowest BCUT2D eigenvalue weighted by atomic mass is 9.62. The van der Waals surface area contributed by atoms with Gasteiger partial charge in [0.05, 0.1) is 0 Å². The van der Waals surface area contributed by atoms with Gasteiger partial charge in [-0.2, -0.15) is 0 Å². The molecule has 2 unspecified atom stereocenters. The average molecular weight is 312 g/mol. The molecule has 0 fully saturated rings. The number of allylic oxidation sites excluding steroid dienone is 3. The van der Waals surface area contributed by atoms with Gasteiger partial charge >= 0.3 is 0 Å². The van der Waals surface area contributed by atoms with Crippen molar-refractivity contribution in [3.63, 3.8) is 0 Å². The van der Waals surface area contributed by atoms with Gasteiger partial charge in [0, 0.05) is 11.8 Å². The molecule has 0 aromatic heterocycles. The summed E-state index contributed by atoms with van der Waals surface area (Å²) in [6, 6.07) is 17.7. The Morgan fingerprint density at radius 2 is 1.38 bits per heavy atom. The van der Waals surface area contributed by atoms with Crippen molar-refractivity contribution in [1.82, 2.24) is 0 Å². The Balaban J connectivity index is 1.79. The number of benzene rings is 2. The van der Waals surface area contributed by atoms with Gasteiger partial charge in [-0.3, -0.25) is 0 Å². The molecule has 0 amide bonds. The predicted molar refractivity (Wildman–Crippen MR) is 104 cm³/mol. The molecule has 0 saturated carbocycles.